The van der Waals surface area contributed by atoms with Crippen LogP contribution in [0, 0.1) is 0 Å². The Balaban J connectivity index is 1.66. The molecule has 8 heteroatoms. The van der Waals surface area contributed by atoms with Gasteiger partial charge in [-0.05, 0) is 60.3 Å². The number of aromatic nitrogens is 2. The maximum atomic E-state index is 12.4. The van der Waals surface area contributed by atoms with Gasteiger partial charge in [0.05, 0.1) is 17.6 Å². The van der Waals surface area contributed by atoms with Gasteiger partial charge in [-0.15, -0.1) is 13.2 Å². The van der Waals surface area contributed by atoms with E-state index in [1.54, 1.807) is 23.9 Å². The van der Waals surface area contributed by atoms with Crippen LogP contribution in [-0.4, -0.2) is 28.5 Å². The van der Waals surface area contributed by atoms with Gasteiger partial charge in [-0.1, -0.05) is 18.2 Å². The van der Waals surface area contributed by atoms with Gasteiger partial charge in [0.25, 0.3) is 0 Å². The molecule has 4 aromatic rings. The zero-order valence-corrected chi connectivity index (χ0v) is 16.4. The fraction of sp³-hybridized carbons (Fsp3) is 0.130. The number of carbonyl (C=O) groups is 1. The monoisotopic (exact) mass is 426 g/mol. The molecule has 5 nitrogen and oxygen atoms in total. The molecule has 0 saturated heterocycles. The lowest BCUT2D eigenvalue weighted by Crippen LogP contribution is -2.17. The molecule has 3 aromatic carbocycles. The van der Waals surface area contributed by atoms with Crippen molar-refractivity contribution in [2.45, 2.75) is 13.3 Å². The lowest BCUT2D eigenvalue weighted by atomic mass is 10.1. The van der Waals surface area contributed by atoms with Crippen molar-refractivity contribution < 1.29 is 27.4 Å². The molecule has 0 atom stereocenters. The summed E-state index contributed by atoms with van der Waals surface area (Å²) >= 11 is 0. The minimum absolute atomic E-state index is 0.283. The lowest BCUT2D eigenvalue weighted by molar-refractivity contribution is -0.274. The van der Waals surface area contributed by atoms with Crippen molar-refractivity contribution in [3.63, 3.8) is 0 Å². The predicted octanol–water partition coefficient (Wildman–Crippen LogP) is 5.65. The van der Waals surface area contributed by atoms with Gasteiger partial charge in [-0.2, -0.15) is 0 Å². The van der Waals surface area contributed by atoms with E-state index >= 15 is 0 Å². The molecule has 0 unspecified atom stereocenters. The summed E-state index contributed by atoms with van der Waals surface area (Å²) in [6.45, 7) is 2.07. The number of esters is 1. The summed E-state index contributed by atoms with van der Waals surface area (Å²) in [6, 6.07) is 15.1. The summed E-state index contributed by atoms with van der Waals surface area (Å²) < 4.78 is 47.7. The molecule has 0 radical (unpaired) electrons. The zero-order valence-electron chi connectivity index (χ0n) is 16.4. The van der Waals surface area contributed by atoms with E-state index in [0.717, 1.165) is 27.4 Å². The van der Waals surface area contributed by atoms with Crippen molar-refractivity contribution in [3.05, 3.63) is 72.6 Å². The number of halogens is 3. The van der Waals surface area contributed by atoms with Crippen LogP contribution in [0.15, 0.2) is 67.0 Å². The van der Waals surface area contributed by atoms with E-state index in [1.165, 1.54) is 30.3 Å². The Morgan fingerprint density at radius 2 is 1.87 bits per heavy atom. The highest BCUT2D eigenvalue weighted by atomic mass is 19.4. The van der Waals surface area contributed by atoms with Crippen LogP contribution in [0.25, 0.3) is 33.6 Å². The molecule has 1 aromatic heterocycles. The second-order valence-electron chi connectivity index (χ2n) is 6.66. The predicted molar refractivity (Wildman–Crippen MR) is 111 cm³/mol. The smallest absolute Gasteiger partial charge is 0.463 e. The van der Waals surface area contributed by atoms with E-state index in [9.17, 15) is 18.0 Å². The molecule has 0 amide bonds. The first-order chi connectivity index (χ1) is 14.8. The second-order valence-corrected chi connectivity index (χ2v) is 6.66. The van der Waals surface area contributed by atoms with Gasteiger partial charge in [-0.25, -0.2) is 9.78 Å². The molecular weight excluding hydrogens is 409 g/mol. The molecule has 0 aliphatic heterocycles. The standard InChI is InChI=1S/C23H17F3N2O3/c1-2-30-21(29)12-4-15-3-10-19-16(13-15)5-11-20-22(19)27-14-28(20)17-6-8-18(9-7-17)31-23(24,25)26/h3-14H,2H2,1H3. The molecule has 0 aliphatic rings. The first kappa shape index (κ1) is 20.5. The summed E-state index contributed by atoms with van der Waals surface area (Å²) in [5, 5.41) is 1.86. The van der Waals surface area contributed by atoms with Crippen molar-refractivity contribution in [3.8, 4) is 11.4 Å². The summed E-state index contributed by atoms with van der Waals surface area (Å²) in [5.41, 5.74) is 3.07. The number of fused-ring (bicyclic) bond motifs is 3. The van der Waals surface area contributed by atoms with Crippen LogP contribution in [0.2, 0.25) is 0 Å². The Bertz CT molecular complexity index is 1280. The normalized spacial score (nSPS) is 12.0. The Hall–Kier alpha value is -3.81. The first-order valence-corrected chi connectivity index (χ1v) is 9.45. The largest absolute Gasteiger partial charge is 0.573 e. The van der Waals surface area contributed by atoms with E-state index in [-0.39, 0.29) is 5.75 Å². The summed E-state index contributed by atoms with van der Waals surface area (Å²) in [5.74, 6) is -0.682. The van der Waals surface area contributed by atoms with Crippen LogP contribution in [-0.2, 0) is 9.53 Å². The topological polar surface area (TPSA) is 53.3 Å². The molecule has 0 bridgehead atoms. The third kappa shape index (κ3) is 4.53. The van der Waals surface area contributed by atoms with Crippen LogP contribution >= 0.6 is 0 Å². The minimum atomic E-state index is -4.73. The van der Waals surface area contributed by atoms with Crippen molar-refractivity contribution in [1.29, 1.82) is 0 Å². The minimum Gasteiger partial charge on any atom is -0.463 e. The van der Waals surface area contributed by atoms with Crippen molar-refractivity contribution in [2.75, 3.05) is 6.61 Å². The van der Waals surface area contributed by atoms with Crippen molar-refractivity contribution >= 4 is 33.9 Å². The molecule has 31 heavy (non-hydrogen) atoms. The van der Waals surface area contributed by atoms with Crippen molar-refractivity contribution in [1.82, 2.24) is 9.55 Å². The molecule has 0 spiro atoms. The number of benzene rings is 3. The molecule has 0 N–H and O–H groups in total. The number of hydrogen-bond acceptors (Lipinski definition) is 4. The van der Waals surface area contributed by atoms with Crippen LogP contribution < -0.4 is 4.74 Å². The Morgan fingerprint density at radius 1 is 1.10 bits per heavy atom. The third-order valence-electron chi connectivity index (χ3n) is 4.60. The van der Waals surface area contributed by atoms with E-state index in [2.05, 4.69) is 9.72 Å². The maximum absolute atomic E-state index is 12.4. The van der Waals surface area contributed by atoms with E-state index in [1.807, 2.05) is 30.3 Å². The number of ether oxygens (including phenoxy) is 2. The Morgan fingerprint density at radius 3 is 2.58 bits per heavy atom. The third-order valence-corrected chi connectivity index (χ3v) is 4.60. The molecular formula is C23H17F3N2O3. The average Bonchev–Trinajstić information content (AvgIpc) is 3.16. The summed E-state index contributed by atoms with van der Waals surface area (Å²) in [7, 11) is 0. The Kier molecular flexibility index (Phi) is 5.37. The van der Waals surface area contributed by atoms with Crippen LogP contribution in [0.5, 0.6) is 5.75 Å². The van der Waals surface area contributed by atoms with Gasteiger partial charge < -0.3 is 9.47 Å². The quantitative estimate of drug-likeness (QED) is 0.306. The van der Waals surface area contributed by atoms with Crippen LogP contribution in [0.3, 0.4) is 0 Å². The van der Waals surface area contributed by atoms with Gasteiger partial charge >= 0.3 is 12.3 Å². The molecule has 4 rings (SSSR count). The fourth-order valence-corrected chi connectivity index (χ4v) is 3.30. The average molecular weight is 426 g/mol. The van der Waals surface area contributed by atoms with E-state index in [4.69, 9.17) is 4.74 Å². The van der Waals surface area contributed by atoms with E-state index < -0.39 is 12.3 Å². The van der Waals surface area contributed by atoms with Gasteiger partial charge in [0.15, 0.2) is 0 Å². The summed E-state index contributed by atoms with van der Waals surface area (Å²) in [4.78, 5) is 16.0. The number of alkyl halides is 3. The number of hydrogen-bond donors (Lipinski definition) is 0. The van der Waals surface area contributed by atoms with Crippen LogP contribution in [0.4, 0.5) is 13.2 Å². The van der Waals surface area contributed by atoms with Gasteiger partial charge in [0.1, 0.15) is 12.1 Å². The van der Waals surface area contributed by atoms with Crippen molar-refractivity contribution in [2.24, 2.45) is 0 Å². The van der Waals surface area contributed by atoms with Gasteiger partial charge in [0.2, 0.25) is 0 Å². The molecule has 0 aliphatic carbocycles. The fourth-order valence-electron chi connectivity index (χ4n) is 3.30. The van der Waals surface area contributed by atoms with Crippen LogP contribution in [0.1, 0.15) is 12.5 Å². The molecule has 0 saturated carbocycles. The molecule has 1 heterocycles. The number of rotatable bonds is 5. The van der Waals surface area contributed by atoms with Gasteiger partial charge in [-0.3, -0.25) is 4.57 Å². The Labute approximate surface area is 175 Å². The molecule has 0 fully saturated rings. The maximum Gasteiger partial charge on any atom is 0.573 e. The molecule has 158 valence electrons. The van der Waals surface area contributed by atoms with Gasteiger partial charge in [0, 0.05) is 17.1 Å². The highest BCUT2D eigenvalue weighted by Gasteiger charge is 2.31. The second kappa shape index (κ2) is 8.14. The first-order valence-electron chi connectivity index (χ1n) is 9.45. The highest BCUT2D eigenvalue weighted by Crippen LogP contribution is 2.29. The van der Waals surface area contributed by atoms with E-state index in [0.29, 0.717) is 12.3 Å². The number of carbonyl (C=O) groups excluding carboxylic acids is 1. The summed E-state index contributed by atoms with van der Waals surface area (Å²) in [6.07, 6.45) is -0.0420. The SMILES string of the molecule is CCOC(=O)C=Cc1ccc2c(ccc3c2ncn3-c2ccc(OC(F)(F)F)cc2)c1. The zero-order chi connectivity index (χ0) is 22.0. The lowest BCUT2D eigenvalue weighted by Gasteiger charge is -2.10. The number of imidazole rings is 1. The highest BCUT2D eigenvalue weighted by molar-refractivity contribution is 6.05. The number of nitrogens with zero attached hydrogens (tertiary/aromatic N) is 2.